The van der Waals surface area contributed by atoms with E-state index in [1.165, 1.54) is 0 Å². The lowest BCUT2D eigenvalue weighted by molar-refractivity contribution is 0.353. The molecule has 0 spiro atoms. The van der Waals surface area contributed by atoms with Crippen molar-refractivity contribution in [3.05, 3.63) is 34.9 Å². The second-order valence-electron chi connectivity index (χ2n) is 2.25. The highest BCUT2D eigenvalue weighted by Gasteiger charge is 2.05. The lowest BCUT2D eigenvalue weighted by atomic mass is 10.1. The smallest absolute Gasteiger partial charge is 0.137 e. The van der Waals surface area contributed by atoms with Gasteiger partial charge in [0.2, 0.25) is 0 Å². The van der Waals surface area contributed by atoms with E-state index in [1.54, 1.807) is 24.3 Å². The third-order valence-corrected chi connectivity index (χ3v) is 1.69. The van der Waals surface area contributed by atoms with Crippen molar-refractivity contribution >= 4 is 11.6 Å². The Bertz CT molecular complexity index is 222. The summed E-state index contributed by atoms with van der Waals surface area (Å²) in [6, 6.07) is 6.58. The Morgan fingerprint density at radius 3 is 2.36 bits per heavy atom. The number of benzene rings is 1. The van der Waals surface area contributed by atoms with Crippen LogP contribution in [0.2, 0.25) is 5.02 Å². The van der Waals surface area contributed by atoms with Crippen LogP contribution in [-0.4, -0.2) is 6.54 Å². The van der Waals surface area contributed by atoms with Crippen LogP contribution in [0.25, 0.3) is 0 Å². The Balaban J connectivity index is 2.81. The monoisotopic (exact) mass is 173 g/mol. The van der Waals surface area contributed by atoms with Gasteiger partial charge < -0.3 is 5.73 Å². The van der Waals surface area contributed by atoms with Gasteiger partial charge in [0, 0.05) is 11.6 Å². The van der Waals surface area contributed by atoms with Gasteiger partial charge in [0.1, 0.15) is 6.17 Å². The van der Waals surface area contributed by atoms with E-state index in [0.29, 0.717) is 10.6 Å². The zero-order valence-electron chi connectivity index (χ0n) is 5.93. The van der Waals surface area contributed by atoms with Gasteiger partial charge in [-0.05, 0) is 17.7 Å². The van der Waals surface area contributed by atoms with Crippen LogP contribution >= 0.6 is 11.6 Å². The second-order valence-corrected chi connectivity index (χ2v) is 2.69. The first-order valence-corrected chi connectivity index (χ1v) is 3.71. The van der Waals surface area contributed by atoms with Crippen LogP contribution in [0.4, 0.5) is 4.39 Å². The largest absolute Gasteiger partial charge is 0.327 e. The maximum atomic E-state index is 12.8. The minimum atomic E-state index is -1.08. The van der Waals surface area contributed by atoms with Crippen molar-refractivity contribution in [2.24, 2.45) is 5.73 Å². The predicted octanol–water partition coefficient (Wildman–Crippen LogP) is 2.31. The summed E-state index contributed by atoms with van der Waals surface area (Å²) in [7, 11) is 0. The summed E-state index contributed by atoms with van der Waals surface area (Å²) in [4.78, 5) is 0. The molecule has 0 aromatic heterocycles. The summed E-state index contributed by atoms with van der Waals surface area (Å²) >= 11 is 5.61. The molecule has 1 atom stereocenters. The molecule has 0 heterocycles. The zero-order chi connectivity index (χ0) is 8.27. The quantitative estimate of drug-likeness (QED) is 0.730. The normalized spacial score (nSPS) is 13.0. The van der Waals surface area contributed by atoms with Gasteiger partial charge in [-0.2, -0.15) is 0 Å². The Hall–Kier alpha value is -0.600. The fraction of sp³-hybridized carbons (Fsp3) is 0.250. The Kier molecular flexibility index (Phi) is 2.85. The lowest BCUT2D eigenvalue weighted by Crippen LogP contribution is -2.07. The van der Waals surface area contributed by atoms with E-state index < -0.39 is 6.17 Å². The number of alkyl halides is 1. The molecular weight excluding hydrogens is 165 g/mol. The van der Waals surface area contributed by atoms with Crippen molar-refractivity contribution < 1.29 is 4.39 Å². The molecule has 0 aliphatic heterocycles. The molecular formula is C8H9ClFN. The molecule has 0 radical (unpaired) electrons. The molecule has 0 fully saturated rings. The Labute approximate surface area is 70.0 Å². The number of rotatable bonds is 2. The van der Waals surface area contributed by atoms with Gasteiger partial charge in [0.15, 0.2) is 0 Å². The molecule has 60 valence electrons. The first-order valence-electron chi connectivity index (χ1n) is 3.33. The third kappa shape index (κ3) is 2.17. The van der Waals surface area contributed by atoms with Crippen molar-refractivity contribution in [2.75, 3.05) is 6.54 Å². The van der Waals surface area contributed by atoms with Crippen LogP contribution in [0.15, 0.2) is 24.3 Å². The van der Waals surface area contributed by atoms with Crippen molar-refractivity contribution in [1.82, 2.24) is 0 Å². The van der Waals surface area contributed by atoms with Crippen LogP contribution in [0.5, 0.6) is 0 Å². The van der Waals surface area contributed by atoms with Crippen molar-refractivity contribution in [3.8, 4) is 0 Å². The minimum absolute atomic E-state index is 0.0155. The fourth-order valence-corrected chi connectivity index (χ4v) is 0.934. The minimum Gasteiger partial charge on any atom is -0.327 e. The number of hydrogen-bond acceptors (Lipinski definition) is 1. The van der Waals surface area contributed by atoms with Gasteiger partial charge in [0.25, 0.3) is 0 Å². The van der Waals surface area contributed by atoms with Gasteiger partial charge in [-0.3, -0.25) is 0 Å². The molecule has 0 unspecified atom stereocenters. The molecule has 3 heteroatoms. The second kappa shape index (κ2) is 3.69. The first-order chi connectivity index (χ1) is 5.24. The molecule has 11 heavy (non-hydrogen) atoms. The van der Waals surface area contributed by atoms with Crippen LogP contribution in [-0.2, 0) is 0 Å². The SMILES string of the molecule is NC[C@@H](F)c1ccc(Cl)cc1. The molecule has 1 rings (SSSR count). The van der Waals surface area contributed by atoms with Crippen LogP contribution < -0.4 is 5.73 Å². The van der Waals surface area contributed by atoms with Crippen molar-refractivity contribution in [2.45, 2.75) is 6.17 Å². The van der Waals surface area contributed by atoms with E-state index in [2.05, 4.69) is 0 Å². The molecule has 1 aromatic rings. The topological polar surface area (TPSA) is 26.0 Å². The average molecular weight is 174 g/mol. The van der Waals surface area contributed by atoms with E-state index in [0.717, 1.165) is 0 Å². The molecule has 0 amide bonds. The molecule has 0 aliphatic carbocycles. The van der Waals surface area contributed by atoms with Crippen molar-refractivity contribution in [1.29, 1.82) is 0 Å². The lowest BCUT2D eigenvalue weighted by Gasteiger charge is -2.03. The maximum absolute atomic E-state index is 12.8. The van der Waals surface area contributed by atoms with Gasteiger partial charge >= 0.3 is 0 Å². The van der Waals surface area contributed by atoms with Gasteiger partial charge in [-0.15, -0.1) is 0 Å². The van der Waals surface area contributed by atoms with Crippen LogP contribution in [0.3, 0.4) is 0 Å². The highest BCUT2D eigenvalue weighted by atomic mass is 35.5. The molecule has 2 N–H and O–H groups in total. The Morgan fingerprint density at radius 2 is 1.91 bits per heavy atom. The maximum Gasteiger partial charge on any atom is 0.137 e. The van der Waals surface area contributed by atoms with Gasteiger partial charge in [-0.25, -0.2) is 4.39 Å². The summed E-state index contributed by atoms with van der Waals surface area (Å²) in [6.45, 7) is 0.0155. The van der Waals surface area contributed by atoms with Gasteiger partial charge in [0.05, 0.1) is 0 Å². The third-order valence-electron chi connectivity index (χ3n) is 1.44. The summed E-state index contributed by atoms with van der Waals surface area (Å²) in [5.74, 6) is 0. The molecule has 1 aromatic carbocycles. The summed E-state index contributed by atoms with van der Waals surface area (Å²) in [6.07, 6.45) is -1.08. The Morgan fingerprint density at radius 1 is 1.36 bits per heavy atom. The number of halogens is 2. The predicted molar refractivity (Wildman–Crippen MR) is 44.4 cm³/mol. The molecule has 0 saturated heterocycles. The van der Waals surface area contributed by atoms with Crippen molar-refractivity contribution in [3.63, 3.8) is 0 Å². The van der Waals surface area contributed by atoms with Gasteiger partial charge in [-0.1, -0.05) is 23.7 Å². The summed E-state index contributed by atoms with van der Waals surface area (Å²) in [5.41, 5.74) is 5.71. The molecule has 0 aliphatic rings. The van der Waals surface area contributed by atoms with Crippen LogP contribution in [0, 0.1) is 0 Å². The van der Waals surface area contributed by atoms with E-state index in [4.69, 9.17) is 17.3 Å². The standard InChI is InChI=1S/C8H9ClFN/c9-7-3-1-6(2-4-7)8(10)5-11/h1-4,8H,5,11H2/t8-/m1/s1. The highest BCUT2D eigenvalue weighted by molar-refractivity contribution is 6.30. The number of hydrogen-bond donors (Lipinski definition) is 1. The summed E-state index contributed by atoms with van der Waals surface area (Å²) in [5, 5.41) is 0.609. The van der Waals surface area contributed by atoms with E-state index in [-0.39, 0.29) is 6.54 Å². The average Bonchev–Trinajstić information content (AvgIpc) is 2.05. The van der Waals surface area contributed by atoms with Crippen LogP contribution in [0.1, 0.15) is 11.7 Å². The summed E-state index contributed by atoms with van der Waals surface area (Å²) < 4.78 is 12.8. The first kappa shape index (κ1) is 8.50. The van der Waals surface area contributed by atoms with E-state index >= 15 is 0 Å². The fourth-order valence-electron chi connectivity index (χ4n) is 0.808. The molecule has 0 saturated carbocycles. The molecule has 1 nitrogen and oxygen atoms in total. The van der Waals surface area contributed by atoms with E-state index in [1.807, 2.05) is 0 Å². The highest BCUT2D eigenvalue weighted by Crippen LogP contribution is 2.17. The number of nitrogens with two attached hydrogens (primary N) is 1. The zero-order valence-corrected chi connectivity index (χ0v) is 6.68. The molecule has 0 bridgehead atoms. The van der Waals surface area contributed by atoms with E-state index in [9.17, 15) is 4.39 Å².